The van der Waals surface area contributed by atoms with Crippen LogP contribution in [0.2, 0.25) is 0 Å². The van der Waals surface area contributed by atoms with Crippen LogP contribution in [0.3, 0.4) is 0 Å². The molecule has 25 heavy (non-hydrogen) atoms. The molecule has 2 aromatic rings. The Morgan fingerprint density at radius 3 is 2.72 bits per heavy atom. The van der Waals surface area contributed by atoms with E-state index >= 15 is 0 Å². The van der Waals surface area contributed by atoms with Crippen molar-refractivity contribution in [2.75, 3.05) is 24.3 Å². The maximum absolute atomic E-state index is 12.3. The first kappa shape index (κ1) is 17.9. The highest BCUT2D eigenvalue weighted by Crippen LogP contribution is 2.23. The number of carbonyl (C=O) groups is 1. The summed E-state index contributed by atoms with van der Waals surface area (Å²) in [5.74, 6) is 0.986. The van der Waals surface area contributed by atoms with E-state index < -0.39 is 9.84 Å². The van der Waals surface area contributed by atoms with Crippen molar-refractivity contribution in [3.05, 3.63) is 24.5 Å². The number of nitrogens with zero attached hydrogens (tertiary/aromatic N) is 5. The van der Waals surface area contributed by atoms with Gasteiger partial charge in [-0.2, -0.15) is 0 Å². The van der Waals surface area contributed by atoms with Gasteiger partial charge in [-0.3, -0.25) is 9.78 Å². The van der Waals surface area contributed by atoms with Crippen LogP contribution in [0.25, 0.3) is 11.4 Å². The molecule has 0 aromatic carbocycles. The Balaban J connectivity index is 1.62. The van der Waals surface area contributed by atoms with Gasteiger partial charge >= 0.3 is 0 Å². The van der Waals surface area contributed by atoms with Crippen LogP contribution >= 0.6 is 11.8 Å². The lowest BCUT2D eigenvalue weighted by molar-refractivity contribution is -0.128. The lowest BCUT2D eigenvalue weighted by Gasteiger charge is -2.23. The van der Waals surface area contributed by atoms with Gasteiger partial charge in [0.2, 0.25) is 5.91 Å². The Morgan fingerprint density at radius 2 is 2.08 bits per heavy atom. The molecule has 0 aliphatic carbocycles. The van der Waals surface area contributed by atoms with Gasteiger partial charge in [0, 0.05) is 38.1 Å². The zero-order valence-electron chi connectivity index (χ0n) is 14.0. The molecular weight excluding hydrogens is 362 g/mol. The Morgan fingerprint density at radius 1 is 1.36 bits per heavy atom. The molecule has 8 nitrogen and oxygen atoms in total. The fraction of sp³-hybridized carbons (Fsp3) is 0.467. The molecule has 0 saturated carbocycles. The van der Waals surface area contributed by atoms with E-state index in [1.807, 2.05) is 23.7 Å². The van der Waals surface area contributed by atoms with Gasteiger partial charge in [-0.25, -0.2) is 8.42 Å². The van der Waals surface area contributed by atoms with Crippen molar-refractivity contribution in [1.29, 1.82) is 0 Å². The van der Waals surface area contributed by atoms with Gasteiger partial charge in [0.25, 0.3) is 0 Å². The van der Waals surface area contributed by atoms with Crippen LogP contribution in [0.1, 0.15) is 6.42 Å². The summed E-state index contributed by atoms with van der Waals surface area (Å²) in [6.45, 7) is 0. The van der Waals surface area contributed by atoms with Crippen molar-refractivity contribution in [2.24, 2.45) is 7.05 Å². The number of amides is 1. The highest BCUT2D eigenvalue weighted by Gasteiger charge is 2.32. The number of carbonyl (C=O) groups excluding carboxylic acids is 1. The average Bonchev–Trinajstić information content (AvgIpc) is 3.15. The van der Waals surface area contributed by atoms with Crippen LogP contribution in [0, 0.1) is 0 Å². The molecule has 1 fully saturated rings. The Kier molecular flexibility index (Phi) is 5.09. The lowest BCUT2D eigenvalue weighted by atomic mass is 10.2. The number of sulfone groups is 1. The molecule has 1 aliphatic rings. The summed E-state index contributed by atoms with van der Waals surface area (Å²) in [5, 5.41) is 8.93. The SMILES string of the molecule is CN(C(=O)CSc1nnc(-c2ccncc2)n1C)[C@H]1CCS(=O)(=O)C1. The fourth-order valence-electron chi connectivity index (χ4n) is 2.71. The third kappa shape index (κ3) is 4.01. The van der Waals surface area contributed by atoms with Crippen LogP contribution < -0.4 is 0 Å². The minimum atomic E-state index is -3.01. The average molecular weight is 381 g/mol. The molecule has 0 N–H and O–H groups in total. The van der Waals surface area contributed by atoms with E-state index in [-0.39, 0.29) is 29.2 Å². The van der Waals surface area contributed by atoms with E-state index in [1.165, 1.54) is 16.7 Å². The third-order valence-corrected chi connectivity index (χ3v) is 7.00. The largest absolute Gasteiger partial charge is 0.341 e. The first-order chi connectivity index (χ1) is 11.9. The topological polar surface area (TPSA) is 98.1 Å². The van der Waals surface area contributed by atoms with Gasteiger partial charge in [-0.05, 0) is 18.6 Å². The summed E-state index contributed by atoms with van der Waals surface area (Å²) in [6, 6.07) is 3.46. The molecule has 3 rings (SSSR count). The zero-order chi connectivity index (χ0) is 18.0. The molecule has 0 unspecified atom stereocenters. The molecule has 3 heterocycles. The Labute approximate surface area is 150 Å². The second-order valence-electron chi connectivity index (χ2n) is 5.95. The van der Waals surface area contributed by atoms with Crippen LogP contribution in [-0.2, 0) is 21.7 Å². The molecule has 0 bridgehead atoms. The molecule has 2 aromatic heterocycles. The highest BCUT2D eigenvalue weighted by molar-refractivity contribution is 7.99. The number of aromatic nitrogens is 4. The highest BCUT2D eigenvalue weighted by atomic mass is 32.2. The molecule has 1 amide bonds. The standard InChI is InChI=1S/C15H19N5O3S2/c1-19(12-5-8-25(22,23)10-12)13(21)9-24-15-18-17-14(20(15)2)11-3-6-16-7-4-11/h3-4,6-7,12H,5,8-10H2,1-2H3/t12-/m0/s1. The lowest BCUT2D eigenvalue weighted by Crippen LogP contribution is -2.38. The van der Waals surface area contributed by atoms with Crippen LogP contribution in [0.4, 0.5) is 0 Å². The molecule has 1 saturated heterocycles. The first-order valence-corrected chi connectivity index (χ1v) is 10.6. The summed E-state index contributed by atoms with van der Waals surface area (Å²) < 4.78 is 24.9. The molecule has 1 aliphatic heterocycles. The van der Waals surface area contributed by atoms with Crippen molar-refractivity contribution < 1.29 is 13.2 Å². The quantitative estimate of drug-likeness (QED) is 0.700. The van der Waals surface area contributed by atoms with Gasteiger partial charge in [0.1, 0.15) is 0 Å². The molecule has 0 radical (unpaired) electrons. The molecular formula is C15H19N5O3S2. The predicted octanol–water partition coefficient (Wildman–Crippen LogP) is 0.615. The van der Waals surface area contributed by atoms with Gasteiger partial charge in [-0.15, -0.1) is 10.2 Å². The van der Waals surface area contributed by atoms with E-state index in [4.69, 9.17) is 0 Å². The summed E-state index contributed by atoms with van der Waals surface area (Å²) >= 11 is 1.29. The second kappa shape index (κ2) is 7.12. The van der Waals surface area contributed by atoms with Crippen molar-refractivity contribution >= 4 is 27.5 Å². The number of hydrogen-bond donors (Lipinski definition) is 0. The normalized spacial score (nSPS) is 19.0. The van der Waals surface area contributed by atoms with E-state index in [2.05, 4.69) is 15.2 Å². The maximum Gasteiger partial charge on any atom is 0.233 e. The summed E-state index contributed by atoms with van der Waals surface area (Å²) in [6.07, 6.45) is 3.88. The van der Waals surface area contributed by atoms with E-state index in [0.29, 0.717) is 17.4 Å². The number of hydrogen-bond acceptors (Lipinski definition) is 7. The van der Waals surface area contributed by atoms with Gasteiger partial charge < -0.3 is 9.47 Å². The molecule has 10 heteroatoms. The fourth-order valence-corrected chi connectivity index (χ4v) is 5.31. The van der Waals surface area contributed by atoms with Gasteiger partial charge in [0.15, 0.2) is 20.8 Å². The van der Waals surface area contributed by atoms with Gasteiger partial charge in [-0.1, -0.05) is 11.8 Å². The number of rotatable bonds is 5. The second-order valence-corrected chi connectivity index (χ2v) is 9.12. The van der Waals surface area contributed by atoms with Crippen LogP contribution in [0.5, 0.6) is 0 Å². The van der Waals surface area contributed by atoms with Crippen molar-refractivity contribution in [2.45, 2.75) is 17.6 Å². The molecule has 134 valence electrons. The molecule has 1 atom stereocenters. The Hall–Kier alpha value is -1.94. The minimum absolute atomic E-state index is 0.0516. The van der Waals surface area contributed by atoms with Crippen LogP contribution in [-0.4, -0.2) is 69.3 Å². The summed E-state index contributed by atoms with van der Waals surface area (Å²) in [7, 11) is 0.496. The minimum Gasteiger partial charge on any atom is -0.341 e. The summed E-state index contributed by atoms with van der Waals surface area (Å²) in [5.41, 5.74) is 0.899. The predicted molar refractivity (Wildman–Crippen MR) is 94.8 cm³/mol. The first-order valence-electron chi connectivity index (χ1n) is 7.76. The zero-order valence-corrected chi connectivity index (χ0v) is 15.6. The third-order valence-electron chi connectivity index (χ3n) is 4.25. The van der Waals surface area contributed by atoms with E-state index in [0.717, 1.165) is 5.56 Å². The number of pyridine rings is 1. The Bertz CT molecular complexity index is 867. The van der Waals surface area contributed by atoms with Crippen molar-refractivity contribution in [3.8, 4) is 11.4 Å². The van der Waals surface area contributed by atoms with Crippen molar-refractivity contribution in [1.82, 2.24) is 24.6 Å². The van der Waals surface area contributed by atoms with Gasteiger partial charge in [0.05, 0.1) is 17.3 Å². The van der Waals surface area contributed by atoms with E-state index in [9.17, 15) is 13.2 Å². The monoisotopic (exact) mass is 381 g/mol. The maximum atomic E-state index is 12.3. The summed E-state index contributed by atoms with van der Waals surface area (Å²) in [4.78, 5) is 17.9. The van der Waals surface area contributed by atoms with E-state index in [1.54, 1.807) is 19.4 Å². The number of thioether (sulfide) groups is 1. The van der Waals surface area contributed by atoms with Crippen molar-refractivity contribution in [3.63, 3.8) is 0 Å². The molecule has 0 spiro atoms. The van der Waals surface area contributed by atoms with Crippen LogP contribution in [0.15, 0.2) is 29.7 Å². The smallest absolute Gasteiger partial charge is 0.233 e.